The van der Waals surface area contributed by atoms with E-state index in [1.165, 1.54) is 0 Å². The minimum Gasteiger partial charge on any atom is -0.454 e. The quantitative estimate of drug-likeness (QED) is 0.876. The van der Waals surface area contributed by atoms with Gasteiger partial charge in [0.15, 0.2) is 11.5 Å². The lowest BCUT2D eigenvalue weighted by Crippen LogP contribution is -2.48. The van der Waals surface area contributed by atoms with Crippen molar-refractivity contribution < 1.29 is 14.3 Å². The predicted molar refractivity (Wildman–Crippen MR) is 74.6 cm³/mol. The lowest BCUT2D eigenvalue weighted by molar-refractivity contribution is -0.131. The molecule has 5 heteroatoms. The van der Waals surface area contributed by atoms with Crippen LogP contribution in [0.3, 0.4) is 0 Å². The summed E-state index contributed by atoms with van der Waals surface area (Å²) >= 11 is 0. The molecule has 1 amide bonds. The number of hydrogen-bond acceptors (Lipinski definition) is 4. The molecule has 0 radical (unpaired) electrons. The Morgan fingerprint density at radius 3 is 3.15 bits per heavy atom. The smallest absolute Gasteiger partial charge is 0.231 e. The summed E-state index contributed by atoms with van der Waals surface area (Å²) in [7, 11) is 0. The fraction of sp³-hybridized carbons (Fsp3) is 0.533. The fourth-order valence-corrected chi connectivity index (χ4v) is 2.77. The van der Waals surface area contributed by atoms with E-state index < -0.39 is 0 Å². The number of piperidine rings is 1. The molecule has 5 nitrogen and oxygen atoms in total. The maximum Gasteiger partial charge on any atom is 0.231 e. The molecule has 108 valence electrons. The van der Waals surface area contributed by atoms with Gasteiger partial charge in [-0.15, -0.1) is 0 Å². The van der Waals surface area contributed by atoms with E-state index in [9.17, 15) is 4.79 Å². The molecule has 2 heterocycles. The van der Waals surface area contributed by atoms with E-state index >= 15 is 0 Å². The van der Waals surface area contributed by atoms with Gasteiger partial charge in [-0.05, 0) is 32.4 Å². The highest BCUT2D eigenvalue weighted by atomic mass is 16.7. The maximum atomic E-state index is 12.4. The van der Waals surface area contributed by atoms with Gasteiger partial charge in [0.1, 0.15) is 0 Å². The Labute approximate surface area is 118 Å². The highest BCUT2D eigenvalue weighted by Gasteiger charge is 2.34. The number of benzene rings is 1. The lowest BCUT2D eigenvalue weighted by atomic mass is 9.82. The zero-order valence-electron chi connectivity index (χ0n) is 11.7. The second kappa shape index (κ2) is 5.32. The van der Waals surface area contributed by atoms with Gasteiger partial charge >= 0.3 is 0 Å². The molecule has 0 bridgehead atoms. The van der Waals surface area contributed by atoms with Crippen molar-refractivity contribution in [1.82, 2.24) is 10.6 Å². The minimum atomic E-state index is -0.312. The summed E-state index contributed by atoms with van der Waals surface area (Å²) in [5.41, 5.74) is 0.647. The van der Waals surface area contributed by atoms with E-state index in [0.29, 0.717) is 6.54 Å². The third-order valence-corrected chi connectivity index (χ3v) is 4.06. The number of para-hydroxylation sites is 1. The number of carbonyl (C=O) groups excluding carboxylic acids is 1. The van der Waals surface area contributed by atoms with Crippen LogP contribution in [-0.2, 0) is 11.3 Å². The lowest BCUT2D eigenvalue weighted by Gasteiger charge is -2.32. The Hall–Kier alpha value is -1.75. The first-order chi connectivity index (χ1) is 9.69. The molecule has 20 heavy (non-hydrogen) atoms. The Kier molecular flexibility index (Phi) is 3.53. The number of amides is 1. The van der Waals surface area contributed by atoms with Crippen LogP contribution in [0.1, 0.15) is 25.3 Å². The number of fused-ring (bicyclic) bond motifs is 1. The van der Waals surface area contributed by atoms with E-state index in [-0.39, 0.29) is 18.1 Å². The van der Waals surface area contributed by atoms with Crippen molar-refractivity contribution >= 4 is 5.91 Å². The Morgan fingerprint density at radius 1 is 1.45 bits per heavy atom. The van der Waals surface area contributed by atoms with Crippen molar-refractivity contribution in [3.8, 4) is 11.5 Å². The van der Waals surface area contributed by atoms with Gasteiger partial charge < -0.3 is 20.1 Å². The van der Waals surface area contributed by atoms with Crippen LogP contribution in [0.4, 0.5) is 0 Å². The van der Waals surface area contributed by atoms with Crippen molar-refractivity contribution in [2.24, 2.45) is 5.41 Å². The Balaban J connectivity index is 1.65. The predicted octanol–water partition coefficient (Wildman–Crippen LogP) is 1.42. The third-order valence-electron chi connectivity index (χ3n) is 4.06. The van der Waals surface area contributed by atoms with Crippen LogP contribution in [0, 0.1) is 5.41 Å². The van der Waals surface area contributed by atoms with Crippen LogP contribution in [0.25, 0.3) is 0 Å². The maximum absolute atomic E-state index is 12.4. The standard InChI is InChI=1S/C15H20N2O3/c1-15(6-3-7-16-9-15)14(18)17-8-11-4-2-5-12-13(11)20-10-19-12/h2,4-5,16H,3,6-10H2,1H3,(H,17,18). The largest absolute Gasteiger partial charge is 0.454 e. The van der Waals surface area contributed by atoms with Crippen molar-refractivity contribution in [3.05, 3.63) is 23.8 Å². The van der Waals surface area contributed by atoms with Gasteiger partial charge in [-0.1, -0.05) is 12.1 Å². The molecule has 0 aromatic heterocycles. The van der Waals surface area contributed by atoms with Crippen molar-refractivity contribution in [3.63, 3.8) is 0 Å². The first-order valence-corrected chi connectivity index (χ1v) is 7.06. The van der Waals surface area contributed by atoms with Crippen LogP contribution in [0.15, 0.2) is 18.2 Å². The van der Waals surface area contributed by atoms with Gasteiger partial charge in [-0.2, -0.15) is 0 Å². The number of rotatable bonds is 3. The first-order valence-electron chi connectivity index (χ1n) is 7.06. The van der Waals surface area contributed by atoms with Gasteiger partial charge in [0, 0.05) is 18.7 Å². The van der Waals surface area contributed by atoms with Crippen LogP contribution >= 0.6 is 0 Å². The van der Waals surface area contributed by atoms with Crippen LogP contribution in [0.5, 0.6) is 11.5 Å². The van der Waals surface area contributed by atoms with Crippen molar-refractivity contribution in [2.45, 2.75) is 26.3 Å². The summed E-state index contributed by atoms with van der Waals surface area (Å²) < 4.78 is 10.8. The molecule has 2 aliphatic rings. The SMILES string of the molecule is CC1(C(=O)NCc2cccc3c2OCO3)CCCNC1. The number of nitrogens with one attached hydrogen (secondary N) is 2. The molecule has 1 aromatic rings. The Bertz CT molecular complexity index is 510. The summed E-state index contributed by atoms with van der Waals surface area (Å²) in [6, 6.07) is 5.74. The van der Waals surface area contributed by atoms with E-state index in [2.05, 4.69) is 10.6 Å². The van der Waals surface area contributed by atoms with Gasteiger partial charge in [-0.3, -0.25) is 4.79 Å². The zero-order valence-corrected chi connectivity index (χ0v) is 11.7. The number of carbonyl (C=O) groups is 1. The minimum absolute atomic E-state index is 0.0984. The molecule has 1 fully saturated rings. The molecule has 0 spiro atoms. The first kappa shape index (κ1) is 13.2. The number of ether oxygens (including phenoxy) is 2. The summed E-state index contributed by atoms with van der Waals surface area (Å²) in [5, 5.41) is 6.31. The highest BCUT2D eigenvalue weighted by Crippen LogP contribution is 2.35. The average molecular weight is 276 g/mol. The monoisotopic (exact) mass is 276 g/mol. The van der Waals surface area contributed by atoms with E-state index in [1.54, 1.807) is 0 Å². The molecule has 1 atom stereocenters. The topological polar surface area (TPSA) is 59.6 Å². The number of hydrogen-bond donors (Lipinski definition) is 2. The molecular weight excluding hydrogens is 256 g/mol. The van der Waals surface area contributed by atoms with Gasteiger partial charge in [0.25, 0.3) is 0 Å². The second-order valence-electron chi connectivity index (χ2n) is 5.67. The normalized spacial score (nSPS) is 24.4. The summed E-state index contributed by atoms with van der Waals surface area (Å²) in [6.45, 7) is 4.48. The second-order valence-corrected chi connectivity index (χ2v) is 5.67. The summed E-state index contributed by atoms with van der Waals surface area (Å²) in [5.74, 6) is 1.60. The highest BCUT2D eigenvalue weighted by molar-refractivity contribution is 5.82. The van der Waals surface area contributed by atoms with Gasteiger partial charge in [0.05, 0.1) is 5.41 Å². The zero-order chi connectivity index (χ0) is 14.0. The van der Waals surface area contributed by atoms with Gasteiger partial charge in [-0.25, -0.2) is 0 Å². The van der Waals surface area contributed by atoms with E-state index in [1.807, 2.05) is 25.1 Å². The Morgan fingerprint density at radius 2 is 2.35 bits per heavy atom. The van der Waals surface area contributed by atoms with E-state index in [4.69, 9.17) is 9.47 Å². The molecule has 1 unspecified atom stereocenters. The van der Waals surface area contributed by atoms with Crippen LogP contribution in [0.2, 0.25) is 0 Å². The van der Waals surface area contributed by atoms with Crippen LogP contribution < -0.4 is 20.1 Å². The molecule has 2 N–H and O–H groups in total. The van der Waals surface area contributed by atoms with Crippen molar-refractivity contribution in [2.75, 3.05) is 19.9 Å². The van der Waals surface area contributed by atoms with Crippen molar-refractivity contribution in [1.29, 1.82) is 0 Å². The molecule has 1 saturated heterocycles. The molecule has 0 saturated carbocycles. The molecule has 0 aliphatic carbocycles. The molecule has 3 rings (SSSR count). The average Bonchev–Trinajstić information content (AvgIpc) is 2.94. The molecule has 1 aromatic carbocycles. The fourth-order valence-electron chi connectivity index (χ4n) is 2.77. The third kappa shape index (κ3) is 2.45. The molecule has 2 aliphatic heterocycles. The summed E-state index contributed by atoms with van der Waals surface area (Å²) in [4.78, 5) is 12.4. The molecular formula is C15H20N2O3. The van der Waals surface area contributed by atoms with Gasteiger partial charge in [0.2, 0.25) is 12.7 Å². The summed E-state index contributed by atoms with van der Waals surface area (Å²) in [6.07, 6.45) is 1.97. The van der Waals surface area contributed by atoms with Crippen LogP contribution in [-0.4, -0.2) is 25.8 Å². The van der Waals surface area contributed by atoms with E-state index in [0.717, 1.165) is 43.0 Å².